The van der Waals surface area contributed by atoms with Crippen molar-refractivity contribution in [3.05, 3.63) is 50.8 Å². The number of carboxylic acids is 1. The summed E-state index contributed by atoms with van der Waals surface area (Å²) in [4.78, 5) is 25.8. The van der Waals surface area contributed by atoms with Crippen LogP contribution in [0.1, 0.15) is 30.6 Å². The number of thiocarbonyl (C=S) groups is 1. The first-order valence-corrected chi connectivity index (χ1v) is 11.1. The quantitative estimate of drug-likeness (QED) is 0.232. The number of hydrogen-bond acceptors (Lipinski definition) is 5. The van der Waals surface area contributed by atoms with Crippen LogP contribution < -0.4 is 0 Å². The molecule has 2 heterocycles. The van der Waals surface area contributed by atoms with Crippen molar-refractivity contribution in [2.75, 3.05) is 6.54 Å². The van der Waals surface area contributed by atoms with Crippen LogP contribution in [0.3, 0.4) is 0 Å². The highest BCUT2D eigenvalue weighted by Gasteiger charge is 2.31. The summed E-state index contributed by atoms with van der Waals surface area (Å²) in [6.45, 7) is 0.422. The predicted octanol–water partition coefficient (Wildman–Crippen LogP) is 5.68. The lowest BCUT2D eigenvalue weighted by Crippen LogP contribution is -2.29. The van der Waals surface area contributed by atoms with Gasteiger partial charge in [-0.1, -0.05) is 30.4 Å². The van der Waals surface area contributed by atoms with Crippen LogP contribution in [-0.4, -0.2) is 32.7 Å². The number of carboxylic acid groups (broad SMARTS) is 1. The van der Waals surface area contributed by atoms with Gasteiger partial charge in [-0.2, -0.15) is 0 Å². The van der Waals surface area contributed by atoms with E-state index >= 15 is 0 Å². The molecule has 2 aromatic rings. The summed E-state index contributed by atoms with van der Waals surface area (Å²) in [7, 11) is 0. The average Bonchev–Trinajstić information content (AvgIpc) is 3.25. The number of thiophene rings is 1. The van der Waals surface area contributed by atoms with E-state index in [1.54, 1.807) is 17.5 Å². The number of carbonyl (C=O) groups is 2. The smallest absolute Gasteiger partial charge is 0.303 e. The van der Waals surface area contributed by atoms with Crippen LogP contribution in [0.25, 0.3) is 17.2 Å². The lowest BCUT2D eigenvalue weighted by Gasteiger charge is -2.13. The Bertz CT molecular complexity index is 1010. The summed E-state index contributed by atoms with van der Waals surface area (Å²) in [6.07, 6.45) is 3.64. The van der Waals surface area contributed by atoms with Gasteiger partial charge in [0.2, 0.25) is 0 Å². The van der Waals surface area contributed by atoms with Gasteiger partial charge in [0.15, 0.2) is 17.5 Å². The zero-order valence-corrected chi connectivity index (χ0v) is 17.9. The van der Waals surface area contributed by atoms with Gasteiger partial charge in [-0.25, -0.2) is 13.2 Å². The fraction of sp³-hybridized carbons (Fsp3) is 0.250. The molecule has 4 nitrogen and oxygen atoms in total. The Morgan fingerprint density at radius 2 is 1.80 bits per heavy atom. The molecule has 1 aliphatic rings. The van der Waals surface area contributed by atoms with E-state index in [1.165, 1.54) is 28.0 Å². The molecule has 1 aromatic carbocycles. The van der Waals surface area contributed by atoms with Crippen molar-refractivity contribution in [2.24, 2.45) is 0 Å². The zero-order chi connectivity index (χ0) is 21.8. The maximum Gasteiger partial charge on any atom is 0.303 e. The molecule has 0 bridgehead atoms. The lowest BCUT2D eigenvalue weighted by atomic mass is 10.1. The first-order chi connectivity index (χ1) is 14.3. The molecule has 1 N–H and O–H groups in total. The van der Waals surface area contributed by atoms with E-state index in [2.05, 4.69) is 0 Å². The number of aliphatic carboxylic acids is 1. The van der Waals surface area contributed by atoms with Crippen molar-refractivity contribution in [1.82, 2.24) is 4.90 Å². The highest BCUT2D eigenvalue weighted by Crippen LogP contribution is 2.35. The molecular weight excluding hydrogens is 455 g/mol. The summed E-state index contributed by atoms with van der Waals surface area (Å²) < 4.78 is 40.5. The van der Waals surface area contributed by atoms with Gasteiger partial charge in [0.25, 0.3) is 5.91 Å². The van der Waals surface area contributed by atoms with Crippen LogP contribution in [0.2, 0.25) is 0 Å². The van der Waals surface area contributed by atoms with Gasteiger partial charge in [-0.15, -0.1) is 11.3 Å². The summed E-state index contributed by atoms with van der Waals surface area (Å²) in [5.41, 5.74) is 0.717. The number of thioether (sulfide) groups is 1. The van der Waals surface area contributed by atoms with Crippen molar-refractivity contribution >= 4 is 57.6 Å². The van der Waals surface area contributed by atoms with Gasteiger partial charge in [0, 0.05) is 17.8 Å². The Balaban J connectivity index is 1.67. The molecular formula is C20H16F3NO3S3. The first kappa shape index (κ1) is 22.5. The van der Waals surface area contributed by atoms with Crippen molar-refractivity contribution < 1.29 is 27.9 Å². The number of carbonyl (C=O) groups excluding carboxylic acids is 1. The van der Waals surface area contributed by atoms with Gasteiger partial charge < -0.3 is 5.11 Å². The van der Waals surface area contributed by atoms with E-state index in [0.717, 1.165) is 12.1 Å². The predicted molar refractivity (Wildman–Crippen MR) is 116 cm³/mol. The third-order valence-corrected chi connectivity index (χ3v) is 6.61. The van der Waals surface area contributed by atoms with E-state index in [9.17, 15) is 22.8 Å². The summed E-state index contributed by atoms with van der Waals surface area (Å²) in [5, 5.41) is 10.3. The number of benzene rings is 1. The second-order valence-corrected chi connectivity index (χ2v) is 9.15. The minimum Gasteiger partial charge on any atom is -0.481 e. The molecule has 158 valence electrons. The molecule has 0 aliphatic carbocycles. The first-order valence-electron chi connectivity index (χ1n) is 8.97. The number of rotatable bonds is 8. The highest BCUT2D eigenvalue weighted by molar-refractivity contribution is 8.26. The van der Waals surface area contributed by atoms with Gasteiger partial charge >= 0.3 is 5.97 Å². The normalized spacial score (nSPS) is 15.4. The number of unbranched alkanes of at least 4 members (excludes halogenated alkanes) is 2. The van der Waals surface area contributed by atoms with Gasteiger partial charge in [-0.05, 0) is 53.6 Å². The number of amides is 1. The summed E-state index contributed by atoms with van der Waals surface area (Å²) in [6, 6.07) is 3.51. The van der Waals surface area contributed by atoms with E-state index in [1.807, 2.05) is 0 Å². The SMILES string of the molecule is O=C(O)CCCCCN1C(=O)C(=Cc2cc(-c3cc(F)c(F)c(F)c3)cs2)SC1=S. The van der Waals surface area contributed by atoms with E-state index < -0.39 is 23.4 Å². The third-order valence-electron chi connectivity index (χ3n) is 4.36. The fourth-order valence-corrected chi connectivity index (χ4v) is 5.07. The van der Waals surface area contributed by atoms with Crippen LogP contribution >= 0.6 is 35.3 Å². The van der Waals surface area contributed by atoms with Crippen LogP contribution in [0, 0.1) is 17.5 Å². The van der Waals surface area contributed by atoms with Crippen molar-refractivity contribution in [1.29, 1.82) is 0 Å². The van der Waals surface area contributed by atoms with E-state index in [4.69, 9.17) is 17.3 Å². The summed E-state index contributed by atoms with van der Waals surface area (Å²) >= 11 is 7.72. The Labute approximate surface area is 184 Å². The van der Waals surface area contributed by atoms with Crippen LogP contribution in [0.5, 0.6) is 0 Å². The topological polar surface area (TPSA) is 57.6 Å². The summed E-state index contributed by atoms with van der Waals surface area (Å²) in [5.74, 6) is -5.10. The minimum absolute atomic E-state index is 0.0981. The number of halogens is 3. The molecule has 0 saturated carbocycles. The maximum absolute atomic E-state index is 13.5. The molecule has 1 aliphatic heterocycles. The Morgan fingerprint density at radius 1 is 1.10 bits per heavy atom. The Kier molecular flexibility index (Phi) is 7.32. The number of nitrogens with zero attached hydrogens (tertiary/aromatic N) is 1. The van der Waals surface area contributed by atoms with Crippen LogP contribution in [0.15, 0.2) is 28.5 Å². The molecule has 0 unspecified atom stereocenters. The largest absolute Gasteiger partial charge is 0.481 e. The van der Waals surface area contributed by atoms with Crippen LogP contribution in [-0.2, 0) is 9.59 Å². The molecule has 10 heteroatoms. The monoisotopic (exact) mass is 471 g/mol. The van der Waals surface area contributed by atoms with E-state index in [0.29, 0.717) is 45.5 Å². The molecule has 1 aromatic heterocycles. The molecule has 0 spiro atoms. The average molecular weight is 472 g/mol. The maximum atomic E-state index is 13.5. The van der Waals surface area contributed by atoms with Crippen molar-refractivity contribution in [3.8, 4) is 11.1 Å². The second-order valence-electron chi connectivity index (χ2n) is 6.53. The van der Waals surface area contributed by atoms with Gasteiger partial charge in [-0.3, -0.25) is 14.5 Å². The second kappa shape index (κ2) is 9.76. The van der Waals surface area contributed by atoms with E-state index in [-0.39, 0.29) is 17.9 Å². The molecule has 3 rings (SSSR count). The van der Waals surface area contributed by atoms with Crippen molar-refractivity contribution in [3.63, 3.8) is 0 Å². The fourth-order valence-electron chi connectivity index (χ4n) is 2.85. The molecule has 1 amide bonds. The lowest BCUT2D eigenvalue weighted by molar-refractivity contribution is -0.137. The Morgan fingerprint density at radius 3 is 2.47 bits per heavy atom. The Hall–Kier alpha value is -2.17. The third kappa shape index (κ3) is 5.30. The molecule has 30 heavy (non-hydrogen) atoms. The molecule has 1 fully saturated rings. The molecule has 0 radical (unpaired) electrons. The van der Waals surface area contributed by atoms with Gasteiger partial charge in [0.1, 0.15) is 4.32 Å². The molecule has 0 atom stereocenters. The highest BCUT2D eigenvalue weighted by atomic mass is 32.2. The number of hydrogen-bond donors (Lipinski definition) is 1. The molecule has 1 saturated heterocycles. The minimum atomic E-state index is -1.51. The van der Waals surface area contributed by atoms with Crippen LogP contribution in [0.4, 0.5) is 13.2 Å². The van der Waals surface area contributed by atoms with Crippen molar-refractivity contribution in [2.45, 2.75) is 25.7 Å². The standard InChI is InChI=1S/C20H16F3NO3S3/c21-14-7-11(8-15(22)18(14)23)12-6-13(29-10-12)9-16-19(27)24(20(28)30-16)5-3-1-2-4-17(25)26/h6-10H,1-5H2,(H,25,26). The van der Waals surface area contributed by atoms with Gasteiger partial charge in [0.05, 0.1) is 4.91 Å². The zero-order valence-electron chi connectivity index (χ0n) is 15.5.